The molecule has 0 aliphatic rings. The molecule has 2 rings (SSSR count). The van der Waals surface area contributed by atoms with Crippen molar-refractivity contribution in [2.45, 2.75) is 79.6 Å². The fourth-order valence-electron chi connectivity index (χ4n) is 3.63. The lowest BCUT2D eigenvalue weighted by molar-refractivity contribution is -0.145. The highest BCUT2D eigenvalue weighted by Crippen LogP contribution is 2.31. The fourth-order valence-corrected chi connectivity index (χ4v) is 3.63. The van der Waals surface area contributed by atoms with Gasteiger partial charge in [-0.05, 0) is 44.7 Å². The first kappa shape index (κ1) is 26.7. The normalized spacial score (nSPS) is 12.3. The summed E-state index contributed by atoms with van der Waals surface area (Å²) in [5, 5.41) is 13.0. The van der Waals surface area contributed by atoms with Crippen molar-refractivity contribution in [1.82, 2.24) is 15.0 Å². The first-order chi connectivity index (χ1) is 15.8. The van der Waals surface area contributed by atoms with Gasteiger partial charge in [-0.1, -0.05) is 27.7 Å². The number of nitrogens with zero attached hydrogens (tertiary/aromatic N) is 3. The first-order valence-corrected chi connectivity index (χ1v) is 12.0. The second-order valence-electron chi connectivity index (χ2n) is 8.23. The Balaban J connectivity index is 2.59. The molecular weight excluding hydrogens is 416 g/mol. The van der Waals surface area contributed by atoms with Crippen LogP contribution in [0.15, 0.2) is 12.1 Å². The average Bonchev–Trinajstić information content (AvgIpc) is 2.81. The number of nitrogens with two attached hydrogens (primary N) is 1. The molecule has 0 fully saturated rings. The third-order valence-corrected chi connectivity index (χ3v) is 5.43. The summed E-state index contributed by atoms with van der Waals surface area (Å²) in [7, 11) is 1.87. The number of hydrogen-bond donors (Lipinski definition) is 3. The lowest BCUT2D eigenvalue weighted by Crippen LogP contribution is -2.41. The number of ether oxygens (including phenoxy) is 2. The van der Waals surface area contributed by atoms with E-state index in [0.29, 0.717) is 42.8 Å². The largest absolute Gasteiger partial charge is 0.373 e. The van der Waals surface area contributed by atoms with Gasteiger partial charge < -0.3 is 20.1 Å². The minimum absolute atomic E-state index is 0.0901. The molecule has 0 saturated carbocycles. The molecule has 0 spiro atoms. The lowest BCUT2D eigenvalue weighted by atomic mass is 10.0. The van der Waals surface area contributed by atoms with E-state index >= 15 is 0 Å². The van der Waals surface area contributed by atoms with E-state index in [1.165, 1.54) is 0 Å². The minimum atomic E-state index is -0.383. The van der Waals surface area contributed by atoms with E-state index in [1.807, 2.05) is 27.8 Å². The summed E-state index contributed by atoms with van der Waals surface area (Å²) in [5.41, 5.74) is 4.81. The van der Waals surface area contributed by atoms with Crippen LogP contribution in [0.25, 0.3) is 11.3 Å². The lowest BCUT2D eigenvalue weighted by Gasteiger charge is -2.27. The third kappa shape index (κ3) is 6.48. The molecule has 1 unspecified atom stereocenters. The average molecular weight is 458 g/mol. The van der Waals surface area contributed by atoms with Crippen LogP contribution in [0.4, 0.5) is 11.6 Å². The SMILES string of the molecule is CCOC(OCC)C(CC)Nc1nc(CC)c(-c2ccc(C(C)C)nc2NC)nc1C(C)=[NH2+]. The second-order valence-corrected chi connectivity index (χ2v) is 8.23. The Labute approximate surface area is 198 Å². The number of aryl methyl sites for hydroxylation is 1. The predicted molar refractivity (Wildman–Crippen MR) is 135 cm³/mol. The van der Waals surface area contributed by atoms with Crippen LogP contribution >= 0.6 is 0 Å². The van der Waals surface area contributed by atoms with Crippen molar-refractivity contribution in [1.29, 1.82) is 0 Å². The highest BCUT2D eigenvalue weighted by atomic mass is 16.7. The van der Waals surface area contributed by atoms with Gasteiger partial charge in [0.1, 0.15) is 5.82 Å². The van der Waals surface area contributed by atoms with Gasteiger partial charge in [-0.3, -0.25) is 5.41 Å². The minimum Gasteiger partial charge on any atom is -0.373 e. The number of anilines is 2. The molecule has 0 aliphatic carbocycles. The smallest absolute Gasteiger partial charge is 0.199 e. The first-order valence-electron chi connectivity index (χ1n) is 12.0. The Morgan fingerprint density at radius 3 is 2.15 bits per heavy atom. The molecule has 0 bridgehead atoms. The Kier molecular flexibility index (Phi) is 10.2. The zero-order valence-corrected chi connectivity index (χ0v) is 21.5. The number of pyridine rings is 1. The van der Waals surface area contributed by atoms with Gasteiger partial charge in [0, 0.05) is 38.4 Å². The van der Waals surface area contributed by atoms with Crippen LogP contribution in [0.3, 0.4) is 0 Å². The molecule has 0 amide bonds. The van der Waals surface area contributed by atoms with Crippen LogP contribution in [-0.4, -0.2) is 53.3 Å². The topological polar surface area (TPSA) is 107 Å². The fraction of sp³-hybridized carbons (Fsp3) is 0.600. The zero-order valence-electron chi connectivity index (χ0n) is 21.5. The summed E-state index contributed by atoms with van der Waals surface area (Å²) in [4.78, 5) is 14.8. The van der Waals surface area contributed by atoms with Crippen LogP contribution in [0.1, 0.15) is 77.9 Å². The summed E-state index contributed by atoms with van der Waals surface area (Å²) in [6, 6.07) is 4.02. The maximum Gasteiger partial charge on any atom is 0.199 e. The molecule has 1 atom stereocenters. The molecule has 8 nitrogen and oxygen atoms in total. The molecule has 0 radical (unpaired) electrons. The second kappa shape index (κ2) is 12.6. The Morgan fingerprint density at radius 2 is 1.67 bits per heavy atom. The third-order valence-electron chi connectivity index (χ3n) is 5.43. The Hall–Kier alpha value is -2.58. The molecule has 2 aromatic rings. The van der Waals surface area contributed by atoms with Gasteiger partial charge in [0.2, 0.25) is 0 Å². The van der Waals surface area contributed by atoms with E-state index in [2.05, 4.69) is 50.5 Å². The summed E-state index contributed by atoms with van der Waals surface area (Å²) < 4.78 is 11.7. The molecule has 2 aromatic heterocycles. The maximum atomic E-state index is 6.28. The van der Waals surface area contributed by atoms with E-state index in [0.717, 1.165) is 34.9 Å². The van der Waals surface area contributed by atoms with Gasteiger partial charge in [0.05, 0.1) is 17.4 Å². The summed E-state index contributed by atoms with van der Waals surface area (Å²) in [6.45, 7) is 15.3. The van der Waals surface area contributed by atoms with Gasteiger partial charge in [-0.2, -0.15) is 0 Å². The highest BCUT2D eigenvalue weighted by Gasteiger charge is 2.26. The molecule has 0 saturated heterocycles. The van der Waals surface area contributed by atoms with E-state index in [-0.39, 0.29) is 12.3 Å². The van der Waals surface area contributed by atoms with Crippen molar-refractivity contribution in [2.24, 2.45) is 0 Å². The van der Waals surface area contributed by atoms with Gasteiger partial charge >= 0.3 is 0 Å². The van der Waals surface area contributed by atoms with Crippen LogP contribution < -0.4 is 16.0 Å². The predicted octanol–water partition coefficient (Wildman–Crippen LogP) is 3.42. The van der Waals surface area contributed by atoms with E-state index in [4.69, 9.17) is 29.8 Å². The van der Waals surface area contributed by atoms with Crippen LogP contribution in [0, 0.1) is 0 Å². The molecule has 8 heteroatoms. The molecule has 2 heterocycles. The van der Waals surface area contributed by atoms with Crippen molar-refractivity contribution >= 4 is 17.3 Å². The van der Waals surface area contributed by atoms with Gasteiger partial charge in [0.25, 0.3) is 0 Å². The van der Waals surface area contributed by atoms with Gasteiger partial charge in [-0.15, -0.1) is 0 Å². The maximum absolute atomic E-state index is 6.28. The standard InChI is InChI=1S/C25H40N6O2/c1-9-18-22(17-13-14-20(15(5)6)30-23(17)27-8)31-21(16(7)26)24(28-18)29-19(10-2)25(32-11-3)33-12-4/h13-15,19,25-26H,9-12H2,1-8H3,(H,27,30)(H,28,29)/p+1. The van der Waals surface area contributed by atoms with Crippen molar-refractivity contribution in [3.05, 3.63) is 29.2 Å². The summed E-state index contributed by atoms with van der Waals surface area (Å²) in [6.07, 6.45) is 1.13. The Bertz CT molecular complexity index is 925. The Morgan fingerprint density at radius 1 is 1.00 bits per heavy atom. The molecular formula is C25H41N6O2+. The molecule has 182 valence electrons. The number of hydrogen-bond acceptors (Lipinski definition) is 7. The van der Waals surface area contributed by atoms with Crippen molar-refractivity contribution in [3.63, 3.8) is 0 Å². The molecule has 0 aliphatic heterocycles. The molecule has 0 aromatic carbocycles. The van der Waals surface area contributed by atoms with Crippen LogP contribution in [0.5, 0.6) is 0 Å². The van der Waals surface area contributed by atoms with Gasteiger partial charge in [0.15, 0.2) is 23.5 Å². The van der Waals surface area contributed by atoms with Crippen molar-refractivity contribution in [3.8, 4) is 11.3 Å². The van der Waals surface area contributed by atoms with Crippen molar-refractivity contribution in [2.75, 3.05) is 30.9 Å². The number of rotatable bonds is 13. The van der Waals surface area contributed by atoms with Crippen LogP contribution in [-0.2, 0) is 15.9 Å². The molecule has 4 N–H and O–H groups in total. The van der Waals surface area contributed by atoms with Crippen molar-refractivity contribution < 1.29 is 14.9 Å². The zero-order chi connectivity index (χ0) is 24.5. The number of nitrogens with one attached hydrogen (secondary N) is 2. The van der Waals surface area contributed by atoms with E-state index in [9.17, 15) is 0 Å². The van der Waals surface area contributed by atoms with E-state index < -0.39 is 0 Å². The summed E-state index contributed by atoms with van der Waals surface area (Å²) >= 11 is 0. The quantitative estimate of drug-likeness (QED) is 0.312. The van der Waals surface area contributed by atoms with Gasteiger partial charge in [-0.25, -0.2) is 15.0 Å². The monoisotopic (exact) mass is 457 g/mol. The van der Waals surface area contributed by atoms with Crippen LogP contribution in [0.2, 0.25) is 0 Å². The molecule has 33 heavy (non-hydrogen) atoms. The number of aromatic nitrogens is 3. The summed E-state index contributed by atoms with van der Waals surface area (Å²) in [5.74, 6) is 1.76. The highest BCUT2D eigenvalue weighted by molar-refractivity contribution is 5.97. The van der Waals surface area contributed by atoms with E-state index in [1.54, 1.807) is 0 Å².